The standard InChI is InChI=1S/C23H22ClNO3/c1-13(2)17-12-18(14-6-4-3-5-7-14)21-20(23(27)28)19(17)22(26)25(21)16-10-8-15(24)9-11-16/h3-13,17,19-21H,1-2H3,(H,27,28). The molecule has 5 heteroatoms. The normalized spacial score (nSPS) is 26.5. The Balaban J connectivity index is 1.92. The van der Waals surface area contributed by atoms with E-state index in [2.05, 4.69) is 6.08 Å². The number of rotatable bonds is 4. The van der Waals surface area contributed by atoms with Gasteiger partial charge in [-0.05, 0) is 47.2 Å². The number of aliphatic carboxylic acids is 1. The molecule has 1 heterocycles. The van der Waals surface area contributed by atoms with E-state index in [4.69, 9.17) is 11.6 Å². The summed E-state index contributed by atoms with van der Waals surface area (Å²) in [5.74, 6) is -2.37. The number of hydrogen-bond donors (Lipinski definition) is 1. The first kappa shape index (κ1) is 18.8. The zero-order chi connectivity index (χ0) is 20.0. The van der Waals surface area contributed by atoms with E-state index in [9.17, 15) is 14.7 Å². The molecule has 144 valence electrons. The van der Waals surface area contributed by atoms with E-state index in [-0.39, 0.29) is 17.7 Å². The van der Waals surface area contributed by atoms with Gasteiger partial charge in [0.2, 0.25) is 5.91 Å². The number of amides is 1. The van der Waals surface area contributed by atoms with Crippen LogP contribution < -0.4 is 4.90 Å². The highest BCUT2D eigenvalue weighted by atomic mass is 35.5. The Hall–Kier alpha value is -2.59. The van der Waals surface area contributed by atoms with E-state index in [1.54, 1.807) is 29.2 Å². The fourth-order valence-corrected chi connectivity index (χ4v) is 4.76. The molecule has 2 aromatic rings. The van der Waals surface area contributed by atoms with Gasteiger partial charge in [0, 0.05) is 10.7 Å². The van der Waals surface area contributed by atoms with Crippen LogP contribution in [0.25, 0.3) is 5.57 Å². The van der Waals surface area contributed by atoms with Crippen LogP contribution in [0.3, 0.4) is 0 Å². The van der Waals surface area contributed by atoms with Gasteiger partial charge >= 0.3 is 5.97 Å². The number of carbonyl (C=O) groups excluding carboxylic acids is 1. The number of benzene rings is 2. The van der Waals surface area contributed by atoms with Crippen LogP contribution in [0.15, 0.2) is 60.7 Å². The van der Waals surface area contributed by atoms with Crippen LogP contribution in [-0.2, 0) is 9.59 Å². The van der Waals surface area contributed by atoms with Crippen LogP contribution in [0.4, 0.5) is 5.69 Å². The first-order valence-corrected chi connectivity index (χ1v) is 9.86. The van der Waals surface area contributed by atoms with Gasteiger partial charge in [-0.2, -0.15) is 0 Å². The maximum Gasteiger partial charge on any atom is 0.309 e. The van der Waals surface area contributed by atoms with Crippen LogP contribution in [0.1, 0.15) is 19.4 Å². The minimum Gasteiger partial charge on any atom is -0.481 e. The third kappa shape index (κ3) is 2.92. The number of carbonyl (C=O) groups is 2. The largest absolute Gasteiger partial charge is 0.481 e. The van der Waals surface area contributed by atoms with E-state index < -0.39 is 23.8 Å². The van der Waals surface area contributed by atoms with Gasteiger partial charge in [-0.15, -0.1) is 0 Å². The highest BCUT2D eigenvalue weighted by molar-refractivity contribution is 6.30. The molecule has 4 rings (SSSR count). The van der Waals surface area contributed by atoms with Gasteiger partial charge in [0.1, 0.15) is 0 Å². The van der Waals surface area contributed by atoms with Crippen molar-refractivity contribution in [3.63, 3.8) is 0 Å². The van der Waals surface area contributed by atoms with Crippen LogP contribution in [0.5, 0.6) is 0 Å². The highest BCUT2D eigenvalue weighted by Gasteiger charge is 2.58. The van der Waals surface area contributed by atoms with Crippen molar-refractivity contribution in [2.24, 2.45) is 23.7 Å². The molecule has 2 bridgehead atoms. The lowest BCUT2D eigenvalue weighted by atomic mass is 9.68. The van der Waals surface area contributed by atoms with Gasteiger partial charge in [-0.25, -0.2) is 0 Å². The summed E-state index contributed by atoms with van der Waals surface area (Å²) in [6.45, 7) is 4.09. The lowest BCUT2D eigenvalue weighted by Crippen LogP contribution is -2.41. The Kier molecular flexibility index (Phi) is 4.76. The third-order valence-corrected chi connectivity index (χ3v) is 6.15. The van der Waals surface area contributed by atoms with Gasteiger partial charge < -0.3 is 10.0 Å². The lowest BCUT2D eigenvalue weighted by molar-refractivity contribution is -0.145. The molecule has 0 spiro atoms. The van der Waals surface area contributed by atoms with Crippen LogP contribution in [0.2, 0.25) is 5.02 Å². The topological polar surface area (TPSA) is 57.6 Å². The van der Waals surface area contributed by atoms with Gasteiger partial charge in [0.05, 0.1) is 17.9 Å². The number of halogens is 1. The summed E-state index contributed by atoms with van der Waals surface area (Å²) < 4.78 is 0. The number of allylic oxidation sites excluding steroid dienone is 1. The summed E-state index contributed by atoms with van der Waals surface area (Å²) in [6, 6.07) is 16.3. The molecule has 4 atom stereocenters. The average Bonchev–Trinajstić information content (AvgIpc) is 2.90. The van der Waals surface area contributed by atoms with E-state index in [0.29, 0.717) is 10.7 Å². The Bertz CT molecular complexity index is 936. The van der Waals surface area contributed by atoms with Crippen molar-refractivity contribution in [2.45, 2.75) is 19.9 Å². The molecular formula is C23H22ClNO3. The van der Waals surface area contributed by atoms with E-state index in [0.717, 1.165) is 11.1 Å². The molecule has 2 aliphatic rings. The molecule has 4 unspecified atom stereocenters. The molecule has 4 nitrogen and oxygen atoms in total. The number of hydrogen-bond acceptors (Lipinski definition) is 2. The van der Waals surface area contributed by atoms with E-state index in [1.807, 2.05) is 44.2 Å². The first-order valence-electron chi connectivity index (χ1n) is 9.48. The summed E-state index contributed by atoms with van der Waals surface area (Å²) in [7, 11) is 0. The van der Waals surface area contributed by atoms with Crippen molar-refractivity contribution >= 4 is 34.7 Å². The Morgan fingerprint density at radius 2 is 1.71 bits per heavy atom. The first-order chi connectivity index (χ1) is 13.4. The summed E-state index contributed by atoms with van der Waals surface area (Å²) in [4.78, 5) is 27.5. The predicted molar refractivity (Wildman–Crippen MR) is 110 cm³/mol. The summed E-state index contributed by atoms with van der Waals surface area (Å²) in [5, 5.41) is 10.7. The predicted octanol–water partition coefficient (Wildman–Crippen LogP) is 4.74. The van der Waals surface area contributed by atoms with Crippen LogP contribution in [-0.4, -0.2) is 23.0 Å². The molecule has 1 amide bonds. The van der Waals surface area contributed by atoms with Crippen LogP contribution >= 0.6 is 11.6 Å². The molecule has 0 aromatic heterocycles. The molecule has 2 aromatic carbocycles. The second-order valence-corrected chi connectivity index (χ2v) is 8.27. The van der Waals surface area contributed by atoms with Gasteiger partial charge in [0.15, 0.2) is 0 Å². The zero-order valence-corrected chi connectivity index (χ0v) is 16.5. The maximum atomic E-state index is 13.5. The fraction of sp³-hybridized carbons (Fsp3) is 0.304. The third-order valence-electron chi connectivity index (χ3n) is 5.90. The van der Waals surface area contributed by atoms with Crippen molar-refractivity contribution < 1.29 is 14.7 Å². The number of nitrogens with zero attached hydrogens (tertiary/aromatic N) is 1. The summed E-state index contributed by atoms with van der Waals surface area (Å²) in [5.41, 5.74) is 2.54. The Labute approximate surface area is 169 Å². The Morgan fingerprint density at radius 1 is 1.07 bits per heavy atom. The van der Waals surface area contributed by atoms with Crippen molar-refractivity contribution in [3.05, 3.63) is 71.3 Å². The molecule has 1 fully saturated rings. The number of anilines is 1. The highest BCUT2D eigenvalue weighted by Crippen LogP contribution is 2.51. The number of carboxylic acids is 1. The SMILES string of the molecule is CC(C)C1C=C(c2ccccc2)C2C(C(=O)O)C1C(=O)N2c1ccc(Cl)cc1. The van der Waals surface area contributed by atoms with Gasteiger partial charge in [-0.1, -0.05) is 61.9 Å². The van der Waals surface area contributed by atoms with Gasteiger partial charge in [-0.3, -0.25) is 9.59 Å². The molecule has 1 aliphatic carbocycles. The van der Waals surface area contributed by atoms with Gasteiger partial charge in [0.25, 0.3) is 0 Å². The molecule has 0 saturated carbocycles. The molecule has 28 heavy (non-hydrogen) atoms. The second-order valence-electron chi connectivity index (χ2n) is 7.83. The molecule has 0 radical (unpaired) electrons. The second kappa shape index (κ2) is 7.10. The van der Waals surface area contributed by atoms with Crippen molar-refractivity contribution in [1.82, 2.24) is 0 Å². The molecule has 1 N–H and O–H groups in total. The number of fused-ring (bicyclic) bond motifs is 2. The monoisotopic (exact) mass is 395 g/mol. The summed E-state index contributed by atoms with van der Waals surface area (Å²) >= 11 is 6.03. The average molecular weight is 396 g/mol. The Morgan fingerprint density at radius 3 is 2.29 bits per heavy atom. The number of carboxylic acid groups (broad SMARTS) is 1. The quantitative estimate of drug-likeness (QED) is 0.813. The summed E-state index contributed by atoms with van der Waals surface area (Å²) in [6.07, 6.45) is 2.13. The zero-order valence-electron chi connectivity index (χ0n) is 15.7. The van der Waals surface area contributed by atoms with E-state index >= 15 is 0 Å². The minimum absolute atomic E-state index is 0.124. The van der Waals surface area contributed by atoms with Crippen molar-refractivity contribution in [3.8, 4) is 0 Å². The van der Waals surface area contributed by atoms with Crippen molar-refractivity contribution in [1.29, 1.82) is 0 Å². The van der Waals surface area contributed by atoms with Crippen molar-refractivity contribution in [2.75, 3.05) is 4.90 Å². The molecule has 1 saturated heterocycles. The maximum absolute atomic E-state index is 13.5. The fourth-order valence-electron chi connectivity index (χ4n) is 4.64. The van der Waals surface area contributed by atoms with Crippen LogP contribution in [0, 0.1) is 23.7 Å². The minimum atomic E-state index is -0.924. The van der Waals surface area contributed by atoms with E-state index in [1.165, 1.54) is 0 Å². The lowest BCUT2D eigenvalue weighted by Gasteiger charge is -2.35. The smallest absolute Gasteiger partial charge is 0.309 e. The molecular weight excluding hydrogens is 374 g/mol. The molecule has 1 aliphatic heterocycles.